The number of H-pyrrole nitrogens is 1. The molecule has 1 heterocycles. The Bertz CT molecular complexity index is 644. The van der Waals surface area contributed by atoms with Gasteiger partial charge >= 0.3 is 6.09 Å². The van der Waals surface area contributed by atoms with E-state index in [1.807, 2.05) is 45.2 Å². The molecule has 0 spiro atoms. The molecule has 1 aromatic heterocycles. The van der Waals surface area contributed by atoms with E-state index in [0.29, 0.717) is 6.61 Å². The highest BCUT2D eigenvalue weighted by Gasteiger charge is 2.14. The zero-order valence-electron chi connectivity index (χ0n) is 15.5. The number of aryl methyl sites for hydroxylation is 1. The van der Waals surface area contributed by atoms with E-state index in [1.165, 1.54) is 0 Å². The second-order valence-electron chi connectivity index (χ2n) is 7.27. The zero-order valence-corrected chi connectivity index (χ0v) is 15.5. The number of unbranched alkanes of at least 4 members (excludes halogenated alkanes) is 3. The monoisotopic (exact) mass is 343 g/mol. The molecule has 0 aliphatic rings. The summed E-state index contributed by atoms with van der Waals surface area (Å²) in [5, 5.41) is 2.78. The van der Waals surface area contributed by atoms with Crippen molar-refractivity contribution in [2.75, 3.05) is 6.61 Å². The third-order valence-electron chi connectivity index (χ3n) is 3.72. The first kappa shape index (κ1) is 19.0. The molecule has 5 heteroatoms. The average molecular weight is 343 g/mol. The molecule has 5 nitrogen and oxygen atoms in total. The van der Waals surface area contributed by atoms with Crippen LogP contribution < -0.4 is 5.32 Å². The van der Waals surface area contributed by atoms with E-state index < -0.39 is 0 Å². The number of benzene rings is 1. The largest absolute Gasteiger partial charge is 0.450 e. The fraction of sp³-hybridized carbons (Fsp3) is 0.500. The van der Waals surface area contributed by atoms with Gasteiger partial charge in [0.05, 0.1) is 12.3 Å². The van der Waals surface area contributed by atoms with Crippen molar-refractivity contribution in [2.24, 2.45) is 0 Å². The highest BCUT2D eigenvalue weighted by molar-refractivity contribution is 5.68. The number of alkyl carbamates (subject to hydrolysis) is 1. The van der Waals surface area contributed by atoms with E-state index in [0.717, 1.165) is 49.2 Å². The number of nitrogens with one attached hydrogen (secondary N) is 2. The summed E-state index contributed by atoms with van der Waals surface area (Å²) in [7, 11) is 0. The topological polar surface area (TPSA) is 67.0 Å². The minimum atomic E-state index is -0.337. The molecule has 1 amide bonds. The van der Waals surface area contributed by atoms with E-state index >= 15 is 0 Å². The van der Waals surface area contributed by atoms with E-state index in [2.05, 4.69) is 27.4 Å². The summed E-state index contributed by atoms with van der Waals surface area (Å²) >= 11 is 0. The van der Waals surface area contributed by atoms with Gasteiger partial charge in [0.15, 0.2) is 0 Å². The van der Waals surface area contributed by atoms with E-state index in [9.17, 15) is 4.79 Å². The number of hydrogen-bond acceptors (Lipinski definition) is 3. The summed E-state index contributed by atoms with van der Waals surface area (Å²) in [4.78, 5) is 19.4. The number of aromatic amines is 1. The highest BCUT2D eigenvalue weighted by atomic mass is 16.5. The Morgan fingerprint density at radius 3 is 2.56 bits per heavy atom. The van der Waals surface area contributed by atoms with Crippen LogP contribution in [-0.4, -0.2) is 28.2 Å². The number of amides is 1. The molecule has 0 unspecified atom stereocenters. The smallest absolute Gasteiger partial charge is 0.407 e. The van der Waals surface area contributed by atoms with Crippen LogP contribution in [0.5, 0.6) is 0 Å². The normalized spacial score (nSPS) is 11.3. The average Bonchev–Trinajstić information content (AvgIpc) is 3.02. The number of nitrogens with zero attached hydrogens (tertiary/aromatic N) is 1. The van der Waals surface area contributed by atoms with Crippen LogP contribution in [0, 0.1) is 0 Å². The lowest BCUT2D eigenvalue weighted by Gasteiger charge is -2.19. The number of imidazole rings is 1. The molecular weight excluding hydrogens is 314 g/mol. The van der Waals surface area contributed by atoms with Crippen LogP contribution in [-0.2, 0) is 11.2 Å². The van der Waals surface area contributed by atoms with Crippen molar-refractivity contribution < 1.29 is 9.53 Å². The molecule has 2 N–H and O–H groups in total. The Hall–Kier alpha value is -2.30. The van der Waals surface area contributed by atoms with Crippen molar-refractivity contribution in [1.82, 2.24) is 15.3 Å². The number of carbonyl (C=O) groups excluding carboxylic acids is 1. The van der Waals surface area contributed by atoms with Crippen molar-refractivity contribution in [3.63, 3.8) is 0 Å². The van der Waals surface area contributed by atoms with Crippen LogP contribution in [0.1, 0.15) is 52.3 Å². The zero-order chi connectivity index (χ0) is 18.1. The summed E-state index contributed by atoms with van der Waals surface area (Å²) < 4.78 is 5.17. The Morgan fingerprint density at radius 1 is 1.12 bits per heavy atom. The van der Waals surface area contributed by atoms with Gasteiger partial charge in [-0.3, -0.25) is 0 Å². The number of rotatable bonds is 8. The maximum Gasteiger partial charge on any atom is 0.407 e. The molecule has 0 atom stereocenters. The molecular formula is C20H29N3O2. The highest BCUT2D eigenvalue weighted by Crippen LogP contribution is 2.17. The lowest BCUT2D eigenvalue weighted by molar-refractivity contribution is 0.135. The molecule has 1 aromatic carbocycles. The molecule has 0 fully saturated rings. The molecule has 0 radical (unpaired) electrons. The van der Waals surface area contributed by atoms with Crippen molar-refractivity contribution in [2.45, 2.75) is 58.4 Å². The Morgan fingerprint density at radius 2 is 1.84 bits per heavy atom. The number of ether oxygens (including phenoxy) is 1. The molecule has 136 valence electrons. The van der Waals surface area contributed by atoms with Crippen LogP contribution in [0.2, 0.25) is 0 Å². The number of hydrogen-bond donors (Lipinski definition) is 2. The first-order valence-corrected chi connectivity index (χ1v) is 8.99. The van der Waals surface area contributed by atoms with Gasteiger partial charge in [0.2, 0.25) is 0 Å². The Labute approximate surface area is 150 Å². The summed E-state index contributed by atoms with van der Waals surface area (Å²) in [6.07, 6.45) is 6.70. The maximum absolute atomic E-state index is 11.5. The van der Waals surface area contributed by atoms with Crippen LogP contribution in [0.25, 0.3) is 11.3 Å². The first-order chi connectivity index (χ1) is 11.9. The van der Waals surface area contributed by atoms with Crippen LogP contribution >= 0.6 is 0 Å². The summed E-state index contributed by atoms with van der Waals surface area (Å²) in [6.45, 7) is 6.28. The third-order valence-corrected chi connectivity index (χ3v) is 3.72. The van der Waals surface area contributed by atoms with Crippen LogP contribution in [0.4, 0.5) is 4.79 Å². The SMILES string of the molecule is CC(C)(C)NC(=O)OCCCCCCc1nc(-c2ccccc2)c[nH]1. The molecule has 25 heavy (non-hydrogen) atoms. The molecule has 0 saturated heterocycles. The van der Waals surface area contributed by atoms with E-state index in [4.69, 9.17) is 4.74 Å². The van der Waals surface area contributed by atoms with Gasteiger partial charge in [-0.25, -0.2) is 9.78 Å². The van der Waals surface area contributed by atoms with Crippen molar-refractivity contribution in [3.8, 4) is 11.3 Å². The second-order valence-corrected chi connectivity index (χ2v) is 7.27. The van der Waals surface area contributed by atoms with E-state index in [1.54, 1.807) is 0 Å². The molecule has 0 aliphatic carbocycles. The van der Waals surface area contributed by atoms with Crippen LogP contribution in [0.15, 0.2) is 36.5 Å². The molecule has 2 rings (SSSR count). The third kappa shape index (κ3) is 7.42. The lowest BCUT2D eigenvalue weighted by atomic mass is 10.1. The minimum Gasteiger partial charge on any atom is -0.450 e. The molecule has 0 bridgehead atoms. The van der Waals surface area contributed by atoms with Gasteiger partial charge in [-0.05, 0) is 33.6 Å². The van der Waals surface area contributed by atoms with Gasteiger partial charge < -0.3 is 15.0 Å². The van der Waals surface area contributed by atoms with Crippen molar-refractivity contribution in [1.29, 1.82) is 0 Å². The fourth-order valence-corrected chi connectivity index (χ4v) is 2.50. The van der Waals surface area contributed by atoms with Gasteiger partial charge in [0, 0.05) is 23.7 Å². The number of carbonyl (C=O) groups is 1. The first-order valence-electron chi connectivity index (χ1n) is 8.99. The standard InChI is InChI=1S/C20H29N3O2/c1-20(2,3)23-19(24)25-14-10-5-4-9-13-18-21-15-17(22-18)16-11-7-6-8-12-16/h6-8,11-12,15H,4-5,9-10,13-14H2,1-3H3,(H,21,22)(H,23,24). The Balaban J connectivity index is 1.57. The summed E-state index contributed by atoms with van der Waals surface area (Å²) in [5.74, 6) is 1.03. The predicted octanol–water partition coefficient (Wildman–Crippen LogP) is 4.70. The quantitative estimate of drug-likeness (QED) is 0.682. The summed E-state index contributed by atoms with van der Waals surface area (Å²) in [6, 6.07) is 10.2. The molecule has 2 aromatic rings. The Kier molecular flexibility index (Phi) is 7.04. The predicted molar refractivity (Wildman–Crippen MR) is 100 cm³/mol. The van der Waals surface area contributed by atoms with Gasteiger partial charge in [-0.15, -0.1) is 0 Å². The molecule has 0 saturated carbocycles. The second kappa shape index (κ2) is 9.25. The van der Waals surface area contributed by atoms with Gasteiger partial charge in [0.1, 0.15) is 5.82 Å². The van der Waals surface area contributed by atoms with Gasteiger partial charge in [-0.1, -0.05) is 43.2 Å². The van der Waals surface area contributed by atoms with Gasteiger partial charge in [-0.2, -0.15) is 0 Å². The fourth-order valence-electron chi connectivity index (χ4n) is 2.50. The van der Waals surface area contributed by atoms with E-state index in [-0.39, 0.29) is 11.6 Å². The van der Waals surface area contributed by atoms with Crippen LogP contribution in [0.3, 0.4) is 0 Å². The lowest BCUT2D eigenvalue weighted by Crippen LogP contribution is -2.41. The van der Waals surface area contributed by atoms with Gasteiger partial charge in [0.25, 0.3) is 0 Å². The number of aromatic nitrogens is 2. The maximum atomic E-state index is 11.5. The molecule has 0 aliphatic heterocycles. The van der Waals surface area contributed by atoms with Crippen molar-refractivity contribution >= 4 is 6.09 Å². The minimum absolute atomic E-state index is 0.251. The van der Waals surface area contributed by atoms with Crippen molar-refractivity contribution in [3.05, 3.63) is 42.4 Å². The summed E-state index contributed by atoms with van der Waals surface area (Å²) in [5.41, 5.74) is 1.88.